The number of aliphatic hydroxyl groups excluding tert-OH is 3. The van der Waals surface area contributed by atoms with Gasteiger partial charge in [0.2, 0.25) is 11.8 Å². The monoisotopic (exact) mass is 874 g/mol. The van der Waals surface area contributed by atoms with Crippen LogP contribution in [-0.2, 0) is 25.7 Å². The number of carbonyl (C=O) groups is 3. The fraction of sp³-hybridized carbons (Fsp3) is 0.824. The first-order valence-electron chi connectivity index (χ1n) is 25.3. The average Bonchev–Trinajstić information content (AvgIpc) is 3.27. The van der Waals surface area contributed by atoms with Crippen LogP contribution in [0.15, 0.2) is 30.3 Å². The Morgan fingerprint density at radius 1 is 0.661 bits per heavy atom. The van der Waals surface area contributed by atoms with Crippen LogP contribution in [0.1, 0.15) is 213 Å². The molecule has 0 radical (unpaired) electrons. The normalized spacial score (nSPS) is 19.3. The lowest BCUT2D eigenvalue weighted by molar-refractivity contribution is -0.231. The molecule has 11 heteroatoms. The smallest absolute Gasteiger partial charge is 0.408 e. The summed E-state index contributed by atoms with van der Waals surface area (Å²) in [5, 5.41) is 38.1. The lowest BCUT2D eigenvalue weighted by atomic mass is 9.93. The number of hydrogen-bond donors (Lipinski definition) is 5. The van der Waals surface area contributed by atoms with E-state index >= 15 is 0 Å². The summed E-state index contributed by atoms with van der Waals surface area (Å²) < 4.78 is 11.6. The molecule has 1 aliphatic rings. The Hall–Kier alpha value is -2.73. The van der Waals surface area contributed by atoms with E-state index < -0.39 is 55.2 Å². The molecule has 0 saturated carbocycles. The number of rotatable bonds is 37. The minimum Gasteiger partial charge on any atom is -0.445 e. The summed E-state index contributed by atoms with van der Waals surface area (Å²) in [6.45, 7) is 7.87. The zero-order valence-electron chi connectivity index (χ0n) is 39.7. The first-order chi connectivity index (χ1) is 30.1. The molecule has 1 heterocycles. The van der Waals surface area contributed by atoms with Gasteiger partial charge >= 0.3 is 6.09 Å². The van der Waals surface area contributed by atoms with Gasteiger partial charge in [0, 0.05) is 13.0 Å². The van der Waals surface area contributed by atoms with Crippen LogP contribution in [0.3, 0.4) is 0 Å². The third kappa shape index (κ3) is 23.8. The Labute approximate surface area is 377 Å². The molecule has 1 aromatic carbocycles. The summed E-state index contributed by atoms with van der Waals surface area (Å²) in [5.41, 5.74) is 0.799. The lowest BCUT2D eigenvalue weighted by Gasteiger charge is -2.47. The maximum atomic E-state index is 14.1. The van der Waals surface area contributed by atoms with Crippen LogP contribution in [0.2, 0.25) is 0 Å². The van der Waals surface area contributed by atoms with Gasteiger partial charge in [0.15, 0.2) is 6.23 Å². The van der Waals surface area contributed by atoms with Gasteiger partial charge in [-0.2, -0.15) is 0 Å². The van der Waals surface area contributed by atoms with Crippen LogP contribution in [0.5, 0.6) is 0 Å². The summed E-state index contributed by atoms with van der Waals surface area (Å²) in [5.74, 6) is -1.11. The van der Waals surface area contributed by atoms with E-state index in [4.69, 9.17) is 9.47 Å². The van der Waals surface area contributed by atoms with E-state index in [2.05, 4.69) is 24.5 Å². The molecule has 5 N–H and O–H groups in total. The summed E-state index contributed by atoms with van der Waals surface area (Å²) in [6, 6.07) is 6.97. The Morgan fingerprint density at radius 2 is 1.11 bits per heavy atom. The molecule has 2 rings (SSSR count). The molecule has 11 nitrogen and oxygen atoms in total. The third-order valence-corrected chi connectivity index (χ3v) is 12.5. The lowest BCUT2D eigenvalue weighted by Crippen LogP contribution is -2.70. The molecule has 6 atom stereocenters. The van der Waals surface area contributed by atoms with Gasteiger partial charge in [-0.1, -0.05) is 219 Å². The predicted octanol–water partition coefficient (Wildman–Crippen LogP) is 10.7. The summed E-state index contributed by atoms with van der Waals surface area (Å²) in [6.07, 6.45) is 26.7. The first-order valence-corrected chi connectivity index (χ1v) is 25.3. The highest BCUT2D eigenvalue weighted by Crippen LogP contribution is 2.26. The molecule has 0 aromatic heterocycles. The van der Waals surface area contributed by atoms with Crippen molar-refractivity contribution in [1.82, 2.24) is 15.5 Å². The number of amides is 3. The van der Waals surface area contributed by atoms with Gasteiger partial charge in [-0.3, -0.25) is 9.59 Å². The van der Waals surface area contributed by atoms with E-state index in [1.165, 1.54) is 122 Å². The minimum absolute atomic E-state index is 0.0284. The molecule has 358 valence electrons. The van der Waals surface area contributed by atoms with Gasteiger partial charge in [0.05, 0.1) is 6.61 Å². The van der Waals surface area contributed by atoms with Crippen molar-refractivity contribution in [3.05, 3.63) is 35.9 Å². The zero-order chi connectivity index (χ0) is 45.2. The largest absolute Gasteiger partial charge is 0.445 e. The van der Waals surface area contributed by atoms with Crippen molar-refractivity contribution in [3.8, 4) is 0 Å². The van der Waals surface area contributed by atoms with Crippen LogP contribution >= 0.6 is 0 Å². The maximum absolute atomic E-state index is 14.1. The van der Waals surface area contributed by atoms with Crippen molar-refractivity contribution in [2.75, 3.05) is 13.2 Å². The molecule has 0 unspecified atom stereocenters. The number of ether oxygens (including phenoxy) is 2. The molecule has 0 aliphatic carbocycles. The number of benzene rings is 1. The molecular formula is C51H91N3O8. The Morgan fingerprint density at radius 3 is 1.56 bits per heavy atom. The van der Waals surface area contributed by atoms with Crippen LogP contribution < -0.4 is 10.6 Å². The highest BCUT2D eigenvalue weighted by Gasteiger charge is 2.48. The number of hydrogen-bond acceptors (Lipinski definition) is 8. The van der Waals surface area contributed by atoms with Crippen LogP contribution in [0.25, 0.3) is 0 Å². The average molecular weight is 874 g/mol. The summed E-state index contributed by atoms with van der Waals surface area (Å²) in [7, 11) is 0. The number of nitrogens with one attached hydrogen (secondary N) is 2. The van der Waals surface area contributed by atoms with Gasteiger partial charge in [-0.25, -0.2) is 4.79 Å². The Kier molecular flexibility index (Phi) is 31.8. The van der Waals surface area contributed by atoms with Gasteiger partial charge < -0.3 is 40.3 Å². The van der Waals surface area contributed by atoms with Crippen molar-refractivity contribution in [1.29, 1.82) is 0 Å². The molecular weight excluding hydrogens is 783 g/mol. The van der Waals surface area contributed by atoms with Gasteiger partial charge in [0.1, 0.15) is 37.0 Å². The Bertz CT molecular complexity index is 1270. The van der Waals surface area contributed by atoms with Crippen LogP contribution in [-0.4, -0.2) is 87.9 Å². The van der Waals surface area contributed by atoms with E-state index in [9.17, 15) is 29.7 Å². The van der Waals surface area contributed by atoms with Crippen molar-refractivity contribution in [3.63, 3.8) is 0 Å². The van der Waals surface area contributed by atoms with Crippen molar-refractivity contribution < 1.29 is 39.2 Å². The minimum atomic E-state index is -1.55. The first kappa shape index (κ1) is 55.4. The molecule has 3 amide bonds. The second kappa shape index (κ2) is 35.6. The topological polar surface area (TPSA) is 158 Å². The molecule has 62 heavy (non-hydrogen) atoms. The predicted molar refractivity (Wildman–Crippen MR) is 250 cm³/mol. The SMILES string of the molecule is CCCCCCCCCCCCCCCCCCN(C(=O)CCCCCCCCCCCCC)[C@@H]1O[C@H](CO)[C@@H](O)[C@H](O)[C@H]1NC(=O)[C@@H](NC(=O)OCc1ccccc1)C(C)C. The number of nitrogens with zero attached hydrogens (tertiary/aromatic N) is 1. The second-order valence-corrected chi connectivity index (χ2v) is 18.4. The van der Waals surface area contributed by atoms with Crippen LogP contribution in [0, 0.1) is 5.92 Å². The van der Waals surface area contributed by atoms with Crippen molar-refractivity contribution in [2.45, 2.75) is 251 Å². The molecule has 0 bridgehead atoms. The maximum Gasteiger partial charge on any atom is 0.408 e. The van der Waals surface area contributed by atoms with E-state index in [0.29, 0.717) is 25.8 Å². The Balaban J connectivity index is 2.03. The zero-order valence-corrected chi connectivity index (χ0v) is 39.7. The van der Waals surface area contributed by atoms with E-state index in [0.717, 1.165) is 44.1 Å². The number of unbranched alkanes of at least 4 members (excludes halogenated alkanes) is 25. The van der Waals surface area contributed by atoms with Crippen LogP contribution in [0.4, 0.5) is 4.79 Å². The molecule has 1 saturated heterocycles. The number of carbonyl (C=O) groups excluding carboxylic acids is 3. The quantitative estimate of drug-likeness (QED) is 0.0414. The van der Waals surface area contributed by atoms with Gasteiger partial charge in [-0.05, 0) is 24.3 Å². The standard InChI is InChI=1S/C51H91N3O8/c1-5-7-9-11-13-15-17-18-19-20-21-23-25-27-29-34-38-54(44(56)37-33-28-26-24-22-16-14-12-10-8-6-2)50-46(48(58)47(57)43(39-55)62-50)52-49(59)45(41(3)4)53-51(60)61-40-42-35-31-30-32-36-42/h30-32,35-36,41,43,45-48,50,55,57-58H,5-29,33-34,37-40H2,1-4H3,(H,52,59)(H,53,60)/t43-,45+,46-,47-,48-,50-/m1/s1. The summed E-state index contributed by atoms with van der Waals surface area (Å²) >= 11 is 0. The number of aliphatic hydroxyl groups is 3. The third-order valence-electron chi connectivity index (χ3n) is 12.5. The number of alkyl carbamates (subject to hydrolysis) is 1. The fourth-order valence-electron chi connectivity index (χ4n) is 8.51. The summed E-state index contributed by atoms with van der Waals surface area (Å²) in [4.78, 5) is 42.5. The molecule has 1 aliphatic heterocycles. The van der Waals surface area contributed by atoms with E-state index in [1.54, 1.807) is 18.7 Å². The molecule has 1 fully saturated rings. The highest BCUT2D eigenvalue weighted by atomic mass is 16.6. The highest BCUT2D eigenvalue weighted by molar-refractivity contribution is 5.86. The molecule has 0 spiro atoms. The fourth-order valence-corrected chi connectivity index (χ4v) is 8.51. The van der Waals surface area contributed by atoms with E-state index in [1.807, 2.05) is 30.3 Å². The van der Waals surface area contributed by atoms with E-state index in [-0.39, 0.29) is 18.4 Å². The van der Waals surface area contributed by atoms with Gasteiger partial charge in [0.25, 0.3) is 0 Å². The van der Waals surface area contributed by atoms with Gasteiger partial charge in [-0.15, -0.1) is 0 Å². The molecule has 1 aromatic rings. The van der Waals surface area contributed by atoms with Crippen molar-refractivity contribution >= 4 is 17.9 Å². The van der Waals surface area contributed by atoms with Crippen molar-refractivity contribution in [2.24, 2.45) is 5.92 Å². The second-order valence-electron chi connectivity index (χ2n) is 18.4.